The van der Waals surface area contributed by atoms with Crippen LogP contribution in [0, 0.1) is 0 Å². The number of carbonyl (C=O) groups is 1. The van der Waals surface area contributed by atoms with E-state index in [4.69, 9.17) is 0 Å². The van der Waals surface area contributed by atoms with Crippen LogP contribution in [-0.2, 0) is 4.79 Å². The predicted molar refractivity (Wildman–Crippen MR) is 26.3 cm³/mol. The van der Waals surface area contributed by atoms with E-state index in [1.807, 2.05) is 0 Å². The van der Waals surface area contributed by atoms with Crippen molar-refractivity contribution >= 4 is 12.2 Å². The Labute approximate surface area is 54.1 Å². The maximum atomic E-state index is 11.6. The van der Waals surface area contributed by atoms with Crippen molar-refractivity contribution in [1.82, 2.24) is 4.90 Å². The molecule has 0 aromatic heterocycles. The van der Waals surface area contributed by atoms with Crippen molar-refractivity contribution in [3.05, 3.63) is 0 Å². The Morgan fingerprint density at radius 3 is 2.40 bits per heavy atom. The van der Waals surface area contributed by atoms with Crippen molar-refractivity contribution in [3.8, 4) is 0 Å². The molecule has 0 aliphatic carbocycles. The average Bonchev–Trinajstić information content (AvgIpc) is 2.11. The molecule has 1 aliphatic rings. The molecular formula is C4H3F3N2O. The van der Waals surface area contributed by atoms with Gasteiger partial charge in [-0.3, -0.25) is 9.69 Å². The maximum absolute atomic E-state index is 11.6. The highest BCUT2D eigenvalue weighted by Crippen LogP contribution is 2.20. The number of nitrogens with zero attached hydrogens (tertiary/aromatic N) is 2. The number of aliphatic imine (C=N–C) groups is 1. The molecule has 0 aromatic rings. The van der Waals surface area contributed by atoms with Gasteiger partial charge in [0.05, 0.1) is 0 Å². The van der Waals surface area contributed by atoms with Gasteiger partial charge in [-0.1, -0.05) is 0 Å². The molecular weight excluding hydrogens is 149 g/mol. The third-order valence-electron chi connectivity index (χ3n) is 0.972. The number of halogens is 3. The van der Waals surface area contributed by atoms with Gasteiger partial charge in [-0.15, -0.1) is 0 Å². The lowest BCUT2D eigenvalue weighted by Crippen LogP contribution is -2.35. The SMILES string of the molecule is O=C1CN(C(F)(F)F)C=N1. The summed E-state index contributed by atoms with van der Waals surface area (Å²) in [5.41, 5.74) is 0. The van der Waals surface area contributed by atoms with Crippen LogP contribution in [0.1, 0.15) is 0 Å². The van der Waals surface area contributed by atoms with Crippen LogP contribution < -0.4 is 0 Å². The Balaban J connectivity index is 2.63. The van der Waals surface area contributed by atoms with Crippen molar-refractivity contribution in [1.29, 1.82) is 0 Å². The Morgan fingerprint density at radius 1 is 1.60 bits per heavy atom. The molecule has 1 aliphatic heterocycles. The first-order valence-electron chi connectivity index (χ1n) is 2.40. The summed E-state index contributed by atoms with van der Waals surface area (Å²) < 4.78 is 34.8. The second-order valence-corrected chi connectivity index (χ2v) is 1.73. The number of amides is 1. The highest BCUT2D eigenvalue weighted by atomic mass is 19.4. The Morgan fingerprint density at radius 2 is 2.20 bits per heavy atom. The summed E-state index contributed by atoms with van der Waals surface area (Å²) >= 11 is 0. The smallest absolute Gasteiger partial charge is 0.270 e. The van der Waals surface area contributed by atoms with Crippen molar-refractivity contribution in [2.75, 3.05) is 6.54 Å². The molecule has 10 heavy (non-hydrogen) atoms. The molecule has 56 valence electrons. The van der Waals surface area contributed by atoms with E-state index in [9.17, 15) is 18.0 Å². The van der Waals surface area contributed by atoms with Crippen LogP contribution >= 0.6 is 0 Å². The van der Waals surface area contributed by atoms with Gasteiger partial charge in [0.25, 0.3) is 5.91 Å². The number of carbonyl (C=O) groups excluding carboxylic acids is 1. The van der Waals surface area contributed by atoms with Gasteiger partial charge in [-0.2, -0.15) is 13.2 Å². The summed E-state index contributed by atoms with van der Waals surface area (Å²) in [6.45, 7) is -0.691. The van der Waals surface area contributed by atoms with Gasteiger partial charge in [0, 0.05) is 0 Å². The Kier molecular flexibility index (Phi) is 1.38. The molecule has 0 atom stereocenters. The van der Waals surface area contributed by atoms with Gasteiger partial charge < -0.3 is 0 Å². The Bertz CT molecular complexity index is 185. The number of hydrogen-bond donors (Lipinski definition) is 0. The first-order valence-corrected chi connectivity index (χ1v) is 2.40. The molecule has 0 saturated heterocycles. The van der Waals surface area contributed by atoms with Crippen LogP contribution in [0.2, 0.25) is 0 Å². The van der Waals surface area contributed by atoms with E-state index in [-0.39, 0.29) is 4.90 Å². The monoisotopic (exact) mass is 152 g/mol. The lowest BCUT2D eigenvalue weighted by molar-refractivity contribution is -0.213. The van der Waals surface area contributed by atoms with Crippen molar-refractivity contribution in [2.24, 2.45) is 4.99 Å². The molecule has 1 amide bonds. The van der Waals surface area contributed by atoms with Crippen molar-refractivity contribution < 1.29 is 18.0 Å². The molecule has 0 aromatic carbocycles. The average molecular weight is 152 g/mol. The number of rotatable bonds is 0. The van der Waals surface area contributed by atoms with E-state index in [0.717, 1.165) is 0 Å². The number of alkyl halides is 3. The van der Waals surface area contributed by atoms with E-state index in [1.54, 1.807) is 0 Å². The molecule has 6 heteroatoms. The largest absolute Gasteiger partial charge is 0.486 e. The molecule has 1 heterocycles. The van der Waals surface area contributed by atoms with Crippen LogP contribution in [0.15, 0.2) is 4.99 Å². The van der Waals surface area contributed by atoms with E-state index < -0.39 is 18.8 Å². The zero-order chi connectivity index (χ0) is 7.78. The molecule has 0 spiro atoms. The van der Waals surface area contributed by atoms with Gasteiger partial charge in [-0.25, -0.2) is 4.99 Å². The third kappa shape index (κ3) is 1.26. The standard InChI is InChI=1S/C4H3F3N2O/c5-4(6,7)9-1-3(10)8-2-9/h2H,1H2. The molecule has 3 nitrogen and oxygen atoms in total. The van der Waals surface area contributed by atoms with Gasteiger partial charge >= 0.3 is 6.30 Å². The van der Waals surface area contributed by atoms with Crippen molar-refractivity contribution in [2.45, 2.75) is 6.30 Å². The van der Waals surface area contributed by atoms with Gasteiger partial charge in [-0.05, 0) is 0 Å². The molecule has 1 rings (SSSR count). The summed E-state index contributed by atoms with van der Waals surface area (Å²) in [6, 6.07) is 0. The highest BCUT2D eigenvalue weighted by molar-refractivity contribution is 5.92. The van der Waals surface area contributed by atoms with E-state index in [2.05, 4.69) is 4.99 Å². The fraction of sp³-hybridized carbons (Fsp3) is 0.500. The predicted octanol–water partition coefficient (Wildman–Crippen LogP) is 0.377. The molecule has 0 saturated carbocycles. The Hall–Kier alpha value is -1.07. The molecule has 0 N–H and O–H groups in total. The van der Waals surface area contributed by atoms with Gasteiger partial charge in [0.1, 0.15) is 12.9 Å². The summed E-state index contributed by atoms with van der Waals surface area (Å²) in [7, 11) is 0. The number of hydrogen-bond acceptors (Lipinski definition) is 2. The van der Waals surface area contributed by atoms with Crippen LogP contribution in [0.4, 0.5) is 13.2 Å². The maximum Gasteiger partial charge on any atom is 0.486 e. The normalized spacial score (nSPS) is 18.7. The van der Waals surface area contributed by atoms with Crippen LogP contribution in [-0.4, -0.2) is 30.0 Å². The topological polar surface area (TPSA) is 32.7 Å². The fourth-order valence-corrected chi connectivity index (χ4v) is 0.517. The lowest BCUT2D eigenvalue weighted by atomic mass is 10.6. The highest BCUT2D eigenvalue weighted by Gasteiger charge is 2.38. The second-order valence-electron chi connectivity index (χ2n) is 1.73. The van der Waals surface area contributed by atoms with Crippen molar-refractivity contribution in [3.63, 3.8) is 0 Å². The summed E-state index contributed by atoms with van der Waals surface area (Å²) in [4.78, 5) is 13.0. The molecule has 0 radical (unpaired) electrons. The minimum Gasteiger partial charge on any atom is -0.270 e. The van der Waals surface area contributed by atoms with Crippen LogP contribution in [0.25, 0.3) is 0 Å². The van der Waals surface area contributed by atoms with E-state index in [0.29, 0.717) is 6.34 Å². The second kappa shape index (κ2) is 1.96. The first-order chi connectivity index (χ1) is 4.50. The molecule has 0 unspecified atom stereocenters. The summed E-state index contributed by atoms with van der Waals surface area (Å²) in [6.07, 6.45) is -3.99. The van der Waals surface area contributed by atoms with E-state index in [1.165, 1.54) is 0 Å². The summed E-state index contributed by atoms with van der Waals surface area (Å²) in [5.74, 6) is -0.766. The molecule has 0 bridgehead atoms. The third-order valence-corrected chi connectivity index (χ3v) is 0.972. The minimum atomic E-state index is -4.48. The first kappa shape index (κ1) is 7.04. The minimum absolute atomic E-state index is 0.0741. The zero-order valence-electron chi connectivity index (χ0n) is 4.72. The fourth-order valence-electron chi connectivity index (χ4n) is 0.517. The van der Waals surface area contributed by atoms with Crippen LogP contribution in [0.3, 0.4) is 0 Å². The lowest BCUT2D eigenvalue weighted by Gasteiger charge is -2.15. The van der Waals surface area contributed by atoms with Gasteiger partial charge in [0.15, 0.2) is 0 Å². The quantitative estimate of drug-likeness (QED) is 0.470. The zero-order valence-corrected chi connectivity index (χ0v) is 4.72. The molecule has 0 fully saturated rings. The van der Waals surface area contributed by atoms with Gasteiger partial charge in [0.2, 0.25) is 0 Å². The van der Waals surface area contributed by atoms with E-state index >= 15 is 0 Å². The summed E-state index contributed by atoms with van der Waals surface area (Å²) in [5, 5.41) is 0. The van der Waals surface area contributed by atoms with Crippen LogP contribution in [0.5, 0.6) is 0 Å².